The van der Waals surface area contributed by atoms with Gasteiger partial charge in [-0.05, 0) is 63.4 Å². The van der Waals surface area contributed by atoms with Gasteiger partial charge in [-0.1, -0.05) is 6.07 Å². The van der Waals surface area contributed by atoms with Gasteiger partial charge in [0.05, 0.1) is 0 Å². The van der Waals surface area contributed by atoms with Crippen LogP contribution in [0.5, 0.6) is 0 Å². The molecule has 6 nitrogen and oxygen atoms in total. The number of aryl methyl sites for hydroxylation is 1. The minimum atomic E-state index is -0.119. The molecule has 25 heavy (non-hydrogen) atoms. The zero-order valence-electron chi connectivity index (χ0n) is 15.2. The molecule has 3 rings (SSSR count). The number of benzene rings is 1. The maximum atomic E-state index is 12.8. The molecule has 0 spiro atoms. The van der Waals surface area contributed by atoms with Gasteiger partial charge < -0.3 is 20.4 Å². The van der Waals surface area contributed by atoms with Crippen molar-refractivity contribution in [2.24, 2.45) is 0 Å². The molecule has 0 radical (unpaired) electrons. The predicted molar refractivity (Wildman–Crippen MR) is 99.9 cm³/mol. The average molecular weight is 344 g/mol. The summed E-state index contributed by atoms with van der Waals surface area (Å²) in [7, 11) is 0. The van der Waals surface area contributed by atoms with E-state index in [9.17, 15) is 9.59 Å². The van der Waals surface area contributed by atoms with Crippen molar-refractivity contribution >= 4 is 23.3 Å². The first kappa shape index (κ1) is 17.7. The van der Waals surface area contributed by atoms with Crippen LogP contribution in [0.25, 0.3) is 0 Å². The summed E-state index contributed by atoms with van der Waals surface area (Å²) in [5, 5.41) is 5.80. The number of anilines is 2. The van der Waals surface area contributed by atoms with Crippen molar-refractivity contribution in [2.75, 3.05) is 36.8 Å². The Hall–Kier alpha value is -2.08. The van der Waals surface area contributed by atoms with Gasteiger partial charge in [-0.3, -0.25) is 4.79 Å². The predicted octanol–water partition coefficient (Wildman–Crippen LogP) is 3.05. The Morgan fingerprint density at radius 1 is 1.12 bits per heavy atom. The number of hydrogen-bond donors (Lipinski definition) is 2. The van der Waals surface area contributed by atoms with Crippen LogP contribution in [0.1, 0.15) is 38.2 Å². The van der Waals surface area contributed by atoms with Gasteiger partial charge in [0.25, 0.3) is 0 Å². The normalized spacial score (nSPS) is 20.7. The number of urea groups is 1. The fourth-order valence-corrected chi connectivity index (χ4v) is 3.78. The molecule has 2 aliphatic heterocycles. The lowest BCUT2D eigenvalue weighted by molar-refractivity contribution is -0.114. The van der Waals surface area contributed by atoms with Crippen LogP contribution in [0.3, 0.4) is 0 Å². The third kappa shape index (κ3) is 4.51. The van der Waals surface area contributed by atoms with E-state index in [4.69, 9.17) is 0 Å². The van der Waals surface area contributed by atoms with Crippen LogP contribution in [-0.2, 0) is 4.79 Å². The SMILES string of the molecule is CC(=O)Nc1ccc(C)c(NC(=O)N2CCC[C@@H]2CN2CCCC2)c1. The number of nitrogens with one attached hydrogen (secondary N) is 2. The van der Waals surface area contributed by atoms with Crippen molar-refractivity contribution in [3.63, 3.8) is 0 Å². The minimum absolute atomic E-state index is 0.0372. The standard InChI is InChI=1S/C19H28N4O2/c1-14-7-8-16(20-15(2)24)12-18(14)21-19(25)23-11-5-6-17(23)13-22-9-3-4-10-22/h7-8,12,17H,3-6,9-11,13H2,1-2H3,(H,20,24)(H,21,25)/t17-/m1/s1. The first-order valence-corrected chi connectivity index (χ1v) is 9.21. The largest absolute Gasteiger partial charge is 0.326 e. The number of hydrogen-bond acceptors (Lipinski definition) is 3. The lowest BCUT2D eigenvalue weighted by Crippen LogP contribution is -2.44. The summed E-state index contributed by atoms with van der Waals surface area (Å²) in [6, 6.07) is 5.84. The molecule has 0 aliphatic carbocycles. The topological polar surface area (TPSA) is 64.7 Å². The van der Waals surface area contributed by atoms with Gasteiger partial charge in [-0.15, -0.1) is 0 Å². The molecule has 2 heterocycles. The molecular formula is C19H28N4O2. The summed E-state index contributed by atoms with van der Waals surface area (Å²) in [6.45, 7) is 7.55. The zero-order valence-corrected chi connectivity index (χ0v) is 15.2. The van der Waals surface area contributed by atoms with Crippen molar-refractivity contribution in [2.45, 2.75) is 45.6 Å². The number of rotatable bonds is 4. The monoisotopic (exact) mass is 344 g/mol. The molecule has 0 aromatic heterocycles. The summed E-state index contributed by atoms with van der Waals surface area (Å²) in [5.74, 6) is -0.119. The number of amides is 3. The average Bonchev–Trinajstić information content (AvgIpc) is 3.22. The van der Waals surface area contributed by atoms with Crippen LogP contribution in [0.15, 0.2) is 18.2 Å². The maximum absolute atomic E-state index is 12.8. The van der Waals surface area contributed by atoms with Gasteiger partial charge in [0.15, 0.2) is 0 Å². The summed E-state index contributed by atoms with van der Waals surface area (Å²) in [4.78, 5) is 28.5. The number of nitrogens with zero attached hydrogens (tertiary/aromatic N) is 2. The third-order valence-electron chi connectivity index (χ3n) is 5.11. The second-order valence-corrected chi connectivity index (χ2v) is 7.14. The number of likely N-dealkylation sites (tertiary alicyclic amines) is 2. The molecule has 0 unspecified atom stereocenters. The summed E-state index contributed by atoms with van der Waals surface area (Å²) in [6.07, 6.45) is 4.69. The summed E-state index contributed by atoms with van der Waals surface area (Å²) in [5.41, 5.74) is 2.43. The molecule has 2 N–H and O–H groups in total. The van der Waals surface area contributed by atoms with E-state index in [2.05, 4.69) is 15.5 Å². The molecule has 2 aliphatic rings. The highest BCUT2D eigenvalue weighted by molar-refractivity contribution is 5.93. The van der Waals surface area contributed by atoms with Crippen LogP contribution >= 0.6 is 0 Å². The van der Waals surface area contributed by atoms with Crippen LogP contribution in [-0.4, -0.2) is 54.0 Å². The van der Waals surface area contributed by atoms with Crippen molar-refractivity contribution < 1.29 is 9.59 Å². The van der Waals surface area contributed by atoms with Crippen molar-refractivity contribution in [3.05, 3.63) is 23.8 Å². The molecular weight excluding hydrogens is 316 g/mol. The number of carbonyl (C=O) groups is 2. The molecule has 0 saturated carbocycles. The second kappa shape index (κ2) is 7.87. The fraction of sp³-hybridized carbons (Fsp3) is 0.579. The van der Waals surface area contributed by atoms with Crippen LogP contribution in [0.4, 0.5) is 16.2 Å². The Bertz CT molecular complexity index is 640. The molecule has 2 saturated heterocycles. The van der Waals surface area contributed by atoms with Crippen molar-refractivity contribution in [1.82, 2.24) is 9.80 Å². The third-order valence-corrected chi connectivity index (χ3v) is 5.11. The van der Waals surface area contributed by atoms with Crippen LogP contribution in [0, 0.1) is 6.92 Å². The van der Waals surface area contributed by atoms with E-state index < -0.39 is 0 Å². The molecule has 3 amide bonds. The highest BCUT2D eigenvalue weighted by Crippen LogP contribution is 2.24. The Kier molecular flexibility index (Phi) is 5.58. The van der Waals surface area contributed by atoms with Gasteiger partial charge >= 0.3 is 6.03 Å². The van der Waals surface area contributed by atoms with Gasteiger partial charge in [0, 0.05) is 37.4 Å². The number of carbonyl (C=O) groups excluding carboxylic acids is 2. The first-order valence-electron chi connectivity index (χ1n) is 9.21. The van der Waals surface area contributed by atoms with E-state index >= 15 is 0 Å². The van der Waals surface area contributed by atoms with Crippen LogP contribution < -0.4 is 10.6 Å². The molecule has 0 bridgehead atoms. The van der Waals surface area contributed by atoms with E-state index in [0.717, 1.165) is 50.3 Å². The van der Waals surface area contributed by atoms with Gasteiger partial charge in [-0.25, -0.2) is 4.79 Å². The molecule has 1 atom stereocenters. The van der Waals surface area contributed by atoms with E-state index in [-0.39, 0.29) is 11.9 Å². The van der Waals surface area contributed by atoms with E-state index in [0.29, 0.717) is 11.7 Å². The van der Waals surface area contributed by atoms with Crippen LogP contribution in [0.2, 0.25) is 0 Å². The smallest absolute Gasteiger partial charge is 0.322 e. The molecule has 1 aromatic carbocycles. The highest BCUT2D eigenvalue weighted by atomic mass is 16.2. The maximum Gasteiger partial charge on any atom is 0.322 e. The van der Waals surface area contributed by atoms with Crippen molar-refractivity contribution in [3.8, 4) is 0 Å². The first-order chi connectivity index (χ1) is 12.0. The molecule has 2 fully saturated rings. The second-order valence-electron chi connectivity index (χ2n) is 7.14. The molecule has 1 aromatic rings. The summed E-state index contributed by atoms with van der Waals surface area (Å²) < 4.78 is 0. The fourth-order valence-electron chi connectivity index (χ4n) is 3.78. The lowest BCUT2D eigenvalue weighted by atomic mass is 10.1. The molecule has 6 heteroatoms. The zero-order chi connectivity index (χ0) is 17.8. The van der Waals surface area contributed by atoms with Gasteiger partial charge in [0.1, 0.15) is 0 Å². The Balaban J connectivity index is 1.65. The van der Waals surface area contributed by atoms with E-state index in [1.807, 2.05) is 30.0 Å². The van der Waals surface area contributed by atoms with Gasteiger partial charge in [0.2, 0.25) is 5.91 Å². The van der Waals surface area contributed by atoms with E-state index in [1.54, 1.807) is 0 Å². The van der Waals surface area contributed by atoms with Crippen molar-refractivity contribution in [1.29, 1.82) is 0 Å². The highest BCUT2D eigenvalue weighted by Gasteiger charge is 2.31. The Morgan fingerprint density at radius 3 is 2.60 bits per heavy atom. The van der Waals surface area contributed by atoms with E-state index in [1.165, 1.54) is 19.8 Å². The molecule has 136 valence electrons. The Morgan fingerprint density at radius 2 is 1.88 bits per heavy atom. The quantitative estimate of drug-likeness (QED) is 0.882. The lowest BCUT2D eigenvalue weighted by Gasteiger charge is -2.29. The van der Waals surface area contributed by atoms with Gasteiger partial charge in [-0.2, -0.15) is 0 Å². The Labute approximate surface area is 149 Å². The minimum Gasteiger partial charge on any atom is -0.326 e. The summed E-state index contributed by atoms with van der Waals surface area (Å²) >= 11 is 0.